The van der Waals surface area contributed by atoms with Crippen LogP contribution >= 0.6 is 0 Å². The highest BCUT2D eigenvalue weighted by atomic mass is 28.4. The third kappa shape index (κ3) is 5.28. The number of methoxy groups -OCH3 is 1. The smallest absolute Gasteiger partial charge is 0.192 e. The summed E-state index contributed by atoms with van der Waals surface area (Å²) >= 11 is 0. The van der Waals surface area contributed by atoms with E-state index in [-0.39, 0.29) is 5.04 Å². The maximum atomic E-state index is 6.37. The van der Waals surface area contributed by atoms with Crippen LogP contribution in [-0.4, -0.2) is 33.6 Å². The monoisotopic (exact) mass is 413 g/mol. The topological polar surface area (TPSA) is 40.6 Å². The fraction of sp³-hybridized carbons (Fsp3) is 0.458. The zero-order valence-electron chi connectivity index (χ0n) is 19.2. The molecular formula is C24H35NO3Si. The van der Waals surface area contributed by atoms with Gasteiger partial charge in [-0.15, -0.1) is 0 Å². The summed E-state index contributed by atoms with van der Waals surface area (Å²) in [7, 11) is -0.184. The van der Waals surface area contributed by atoms with Crippen LogP contribution in [0.5, 0.6) is 11.5 Å². The largest absolute Gasteiger partial charge is 0.493 e. The van der Waals surface area contributed by atoms with Crippen LogP contribution in [0.15, 0.2) is 37.2 Å². The van der Waals surface area contributed by atoms with Crippen LogP contribution in [0.4, 0.5) is 0 Å². The van der Waals surface area contributed by atoms with Crippen molar-refractivity contribution in [3.05, 3.63) is 48.3 Å². The van der Waals surface area contributed by atoms with Gasteiger partial charge in [0.15, 0.2) is 19.8 Å². The second kappa shape index (κ2) is 9.14. The van der Waals surface area contributed by atoms with Gasteiger partial charge in [0.1, 0.15) is 0 Å². The highest BCUT2D eigenvalue weighted by molar-refractivity contribution is 6.74. The maximum Gasteiger partial charge on any atom is 0.192 e. The molecule has 1 aromatic heterocycles. The minimum absolute atomic E-state index is 0.168. The van der Waals surface area contributed by atoms with Gasteiger partial charge in [-0.2, -0.15) is 0 Å². The number of rotatable bonds is 8. The van der Waals surface area contributed by atoms with Gasteiger partial charge in [-0.1, -0.05) is 33.4 Å². The van der Waals surface area contributed by atoms with Crippen molar-refractivity contribution >= 4 is 13.9 Å². The van der Waals surface area contributed by atoms with E-state index in [4.69, 9.17) is 13.9 Å². The highest BCUT2D eigenvalue weighted by Crippen LogP contribution is 2.38. The molecule has 0 saturated heterocycles. The van der Waals surface area contributed by atoms with Gasteiger partial charge < -0.3 is 13.9 Å². The van der Waals surface area contributed by atoms with Crippen LogP contribution in [0.25, 0.3) is 16.7 Å². The summed E-state index contributed by atoms with van der Waals surface area (Å²) in [6.45, 7) is 20.7. The Balaban J connectivity index is 2.32. The van der Waals surface area contributed by atoms with Gasteiger partial charge in [0.05, 0.1) is 20.3 Å². The minimum atomic E-state index is -1.83. The Hall–Kier alpha value is -2.11. The molecule has 2 rings (SSSR count). The molecule has 0 N–H and O–H groups in total. The van der Waals surface area contributed by atoms with Crippen molar-refractivity contribution in [1.82, 2.24) is 4.98 Å². The van der Waals surface area contributed by atoms with Crippen LogP contribution in [-0.2, 0) is 4.43 Å². The lowest BCUT2D eigenvalue weighted by Crippen LogP contribution is -2.41. The molecular weight excluding hydrogens is 378 g/mol. The molecule has 0 aliphatic rings. The van der Waals surface area contributed by atoms with E-state index in [1.807, 2.05) is 37.5 Å². The fourth-order valence-corrected chi connectivity index (χ4v) is 3.81. The predicted octanol–water partition coefficient (Wildman–Crippen LogP) is 6.50. The first-order valence-corrected chi connectivity index (χ1v) is 13.0. The van der Waals surface area contributed by atoms with Gasteiger partial charge in [0.25, 0.3) is 0 Å². The van der Waals surface area contributed by atoms with Crippen LogP contribution < -0.4 is 9.47 Å². The Morgan fingerprint density at radius 3 is 2.41 bits per heavy atom. The molecule has 0 fully saturated rings. The average Bonchev–Trinajstić information content (AvgIpc) is 2.65. The Bertz CT molecular complexity index is 869. The molecule has 0 unspecified atom stereocenters. The van der Waals surface area contributed by atoms with Crippen molar-refractivity contribution in [1.29, 1.82) is 0 Å². The van der Waals surface area contributed by atoms with Gasteiger partial charge in [-0.3, -0.25) is 4.98 Å². The Morgan fingerprint density at radius 2 is 1.83 bits per heavy atom. The number of nitrogens with zero attached hydrogens (tertiary/aromatic N) is 1. The Kier molecular flexibility index (Phi) is 7.30. The number of ether oxygens (including phenoxy) is 2. The molecule has 0 radical (unpaired) electrons. The zero-order chi connectivity index (χ0) is 21.8. The molecule has 4 nitrogen and oxygen atoms in total. The third-order valence-electron chi connectivity index (χ3n) is 5.78. The predicted molar refractivity (Wildman–Crippen MR) is 124 cm³/mol. The number of hydrogen-bond acceptors (Lipinski definition) is 4. The molecule has 0 amide bonds. The summed E-state index contributed by atoms with van der Waals surface area (Å²) in [5, 5.41) is 0.168. The molecule has 1 aromatic carbocycles. The van der Waals surface area contributed by atoms with Gasteiger partial charge >= 0.3 is 0 Å². The van der Waals surface area contributed by atoms with E-state index in [1.165, 1.54) is 0 Å². The molecule has 0 atom stereocenters. The molecule has 0 spiro atoms. The lowest BCUT2D eigenvalue weighted by molar-refractivity contribution is 0.311. The van der Waals surface area contributed by atoms with Crippen molar-refractivity contribution in [3.8, 4) is 22.6 Å². The summed E-state index contributed by atoms with van der Waals surface area (Å²) in [5.74, 6) is 1.46. The molecule has 2 aromatic rings. The number of pyridine rings is 1. The zero-order valence-corrected chi connectivity index (χ0v) is 20.2. The van der Waals surface area contributed by atoms with Crippen LogP contribution in [0.1, 0.15) is 38.8 Å². The van der Waals surface area contributed by atoms with Crippen LogP contribution in [0, 0.1) is 6.92 Å². The standard InChI is InChI=1S/C24H35NO3Si/c1-10-27-23-13-19(11-12-22(23)26-7)21-15-25-14-20(18(21)3)17(2)16-28-29(8,9)24(4,5)6/h11-15H,2,10,16H2,1,3-9H3. The van der Waals surface area contributed by atoms with Crippen LogP contribution in [0.3, 0.4) is 0 Å². The molecule has 0 aliphatic heterocycles. The molecule has 0 saturated carbocycles. The summed E-state index contributed by atoms with van der Waals surface area (Å²) in [5.41, 5.74) is 5.23. The average molecular weight is 414 g/mol. The SMILES string of the molecule is C=C(CO[Si](C)(C)C(C)(C)C)c1cncc(-c2ccc(OC)c(OCC)c2)c1C. The number of hydrogen-bond donors (Lipinski definition) is 0. The van der Waals surface area contributed by atoms with Gasteiger partial charge in [-0.05, 0) is 60.8 Å². The second-order valence-electron chi connectivity index (χ2n) is 8.81. The Morgan fingerprint density at radius 1 is 1.14 bits per heavy atom. The lowest BCUT2D eigenvalue weighted by Gasteiger charge is -2.36. The molecule has 5 heteroatoms. The van der Waals surface area contributed by atoms with Gasteiger partial charge in [0, 0.05) is 23.5 Å². The minimum Gasteiger partial charge on any atom is -0.493 e. The fourth-order valence-electron chi connectivity index (χ4n) is 2.85. The first-order chi connectivity index (χ1) is 13.5. The van der Waals surface area contributed by atoms with Crippen molar-refractivity contribution < 1.29 is 13.9 Å². The Labute approximate surface area is 177 Å². The highest BCUT2D eigenvalue weighted by Gasteiger charge is 2.37. The quantitative estimate of drug-likeness (QED) is 0.463. The summed E-state index contributed by atoms with van der Waals surface area (Å²) in [6, 6.07) is 5.97. The van der Waals surface area contributed by atoms with E-state index in [2.05, 4.69) is 52.4 Å². The molecule has 0 aliphatic carbocycles. The van der Waals surface area contributed by atoms with Gasteiger partial charge in [0.2, 0.25) is 0 Å². The van der Waals surface area contributed by atoms with Crippen molar-refractivity contribution in [2.45, 2.75) is 52.8 Å². The lowest BCUT2D eigenvalue weighted by atomic mass is 9.96. The summed E-state index contributed by atoms with van der Waals surface area (Å²) in [4.78, 5) is 4.48. The van der Waals surface area contributed by atoms with E-state index in [0.29, 0.717) is 13.2 Å². The van der Waals surface area contributed by atoms with Gasteiger partial charge in [-0.25, -0.2) is 0 Å². The second-order valence-corrected chi connectivity index (χ2v) is 13.6. The normalized spacial score (nSPS) is 12.0. The number of benzene rings is 1. The first-order valence-electron chi connectivity index (χ1n) is 10.1. The van der Waals surface area contributed by atoms with Crippen molar-refractivity contribution in [2.75, 3.05) is 20.3 Å². The maximum absolute atomic E-state index is 6.37. The van der Waals surface area contributed by atoms with E-state index in [0.717, 1.165) is 39.3 Å². The van der Waals surface area contributed by atoms with E-state index in [9.17, 15) is 0 Å². The van der Waals surface area contributed by atoms with Crippen LogP contribution in [0.2, 0.25) is 18.1 Å². The molecule has 1 heterocycles. The molecule has 0 bridgehead atoms. The summed E-state index contributed by atoms with van der Waals surface area (Å²) in [6.07, 6.45) is 3.77. The number of aromatic nitrogens is 1. The summed E-state index contributed by atoms with van der Waals surface area (Å²) < 4.78 is 17.5. The van der Waals surface area contributed by atoms with Crippen molar-refractivity contribution in [2.24, 2.45) is 0 Å². The van der Waals surface area contributed by atoms with E-state index < -0.39 is 8.32 Å². The van der Waals surface area contributed by atoms with E-state index >= 15 is 0 Å². The van der Waals surface area contributed by atoms with E-state index in [1.54, 1.807) is 7.11 Å². The first kappa shape index (κ1) is 23.2. The molecule has 158 valence electrons. The van der Waals surface area contributed by atoms with Crippen molar-refractivity contribution in [3.63, 3.8) is 0 Å². The third-order valence-corrected chi connectivity index (χ3v) is 10.3. The molecule has 29 heavy (non-hydrogen) atoms.